The van der Waals surface area contributed by atoms with E-state index in [2.05, 4.69) is 34.9 Å². The zero-order valence-electron chi connectivity index (χ0n) is 15.1. The van der Waals surface area contributed by atoms with Gasteiger partial charge in [0.05, 0.1) is 6.54 Å². The Kier molecular flexibility index (Phi) is 4.14. The van der Waals surface area contributed by atoms with Crippen molar-refractivity contribution in [2.45, 2.75) is 57.0 Å². The largest absolute Gasteiger partial charge is 0.508 e. The lowest BCUT2D eigenvalue weighted by Crippen LogP contribution is -2.50. The monoisotopic (exact) mass is 351 g/mol. The molecular weight excluding hydrogens is 326 g/mol. The van der Waals surface area contributed by atoms with Gasteiger partial charge in [-0.2, -0.15) is 0 Å². The van der Waals surface area contributed by atoms with Crippen molar-refractivity contribution in [1.82, 2.24) is 0 Å². The average Bonchev–Trinajstić information content (AvgIpc) is 2.90. The van der Waals surface area contributed by atoms with E-state index in [1.807, 2.05) is 6.07 Å². The first-order valence-electron chi connectivity index (χ1n) is 9.53. The maximum atomic E-state index is 11.3. The fourth-order valence-corrected chi connectivity index (χ4v) is 6.04. The Morgan fingerprint density at radius 1 is 1.31 bits per heavy atom. The van der Waals surface area contributed by atoms with Crippen molar-refractivity contribution >= 4 is 0 Å². The van der Waals surface area contributed by atoms with Crippen LogP contribution in [0.4, 0.5) is 0 Å². The van der Waals surface area contributed by atoms with Crippen molar-refractivity contribution in [3.05, 3.63) is 39.8 Å². The molecule has 4 rings (SSSR count). The number of aryl methyl sites for hydroxylation is 1. The van der Waals surface area contributed by atoms with Gasteiger partial charge in [-0.15, -0.1) is 0 Å². The molecule has 2 saturated carbocycles. The quantitative estimate of drug-likeness (QED) is 0.342. The molecule has 3 aliphatic carbocycles. The van der Waals surface area contributed by atoms with Crippen LogP contribution in [-0.4, -0.2) is 22.4 Å². The number of aromatic hydroxyl groups is 1. The molecule has 0 aromatic heterocycles. The zero-order valence-corrected chi connectivity index (χ0v) is 15.1. The standard InChI is InChI=1S/C21H25N3O2/c1-20-10-7-17-16-6-4-15(25)13-14(16)3-5-18(17)19(20)8-11-21(20,26)9-2-12-23-24-22/h4,6,13,17-19,25-26H,3,5,7-8,10-12H2,1H3/t17-,18-,19+,20+,21+/m1/s1. The zero-order chi connectivity index (χ0) is 18.4. The number of phenols is 1. The minimum absolute atomic E-state index is 0.114. The van der Waals surface area contributed by atoms with Crippen LogP contribution in [0.3, 0.4) is 0 Å². The van der Waals surface area contributed by atoms with Crippen molar-refractivity contribution in [2.75, 3.05) is 6.54 Å². The normalized spacial score (nSPS) is 37.4. The van der Waals surface area contributed by atoms with Crippen LogP contribution in [-0.2, 0) is 6.42 Å². The van der Waals surface area contributed by atoms with Crippen molar-refractivity contribution in [2.24, 2.45) is 22.4 Å². The lowest BCUT2D eigenvalue weighted by Gasteiger charge is -2.52. The van der Waals surface area contributed by atoms with Gasteiger partial charge < -0.3 is 10.2 Å². The van der Waals surface area contributed by atoms with E-state index in [4.69, 9.17) is 5.53 Å². The lowest BCUT2D eigenvalue weighted by molar-refractivity contribution is -0.0648. The minimum Gasteiger partial charge on any atom is -0.508 e. The summed E-state index contributed by atoms with van der Waals surface area (Å²) in [6.45, 7) is 2.32. The Labute approximate surface area is 154 Å². The van der Waals surface area contributed by atoms with Crippen molar-refractivity contribution < 1.29 is 10.2 Å². The Morgan fingerprint density at radius 3 is 2.96 bits per heavy atom. The molecule has 2 N–H and O–H groups in total. The van der Waals surface area contributed by atoms with Gasteiger partial charge in [-0.3, -0.25) is 0 Å². The molecule has 0 heterocycles. The van der Waals surface area contributed by atoms with Crippen LogP contribution < -0.4 is 0 Å². The summed E-state index contributed by atoms with van der Waals surface area (Å²) < 4.78 is 0. The molecule has 5 nitrogen and oxygen atoms in total. The van der Waals surface area contributed by atoms with Crippen LogP contribution in [0.5, 0.6) is 5.75 Å². The molecule has 0 aliphatic heterocycles. The molecular formula is C21H25N3O2. The second-order valence-corrected chi connectivity index (χ2v) is 8.34. The van der Waals surface area contributed by atoms with Gasteiger partial charge in [0.1, 0.15) is 11.4 Å². The van der Waals surface area contributed by atoms with E-state index in [-0.39, 0.29) is 12.0 Å². The first kappa shape index (κ1) is 17.3. The molecule has 1 aromatic carbocycles. The van der Waals surface area contributed by atoms with Crippen LogP contribution in [0.25, 0.3) is 10.4 Å². The third-order valence-electron chi connectivity index (χ3n) is 7.37. The summed E-state index contributed by atoms with van der Waals surface area (Å²) in [4.78, 5) is 2.73. The highest BCUT2D eigenvalue weighted by atomic mass is 16.3. The third-order valence-corrected chi connectivity index (χ3v) is 7.37. The summed E-state index contributed by atoms with van der Waals surface area (Å²) >= 11 is 0. The number of nitrogens with zero attached hydrogens (tertiary/aromatic N) is 3. The molecule has 26 heavy (non-hydrogen) atoms. The number of rotatable bonds is 1. The second kappa shape index (κ2) is 6.23. The second-order valence-electron chi connectivity index (χ2n) is 8.34. The first-order valence-corrected chi connectivity index (χ1v) is 9.53. The maximum absolute atomic E-state index is 11.3. The van der Waals surface area contributed by atoms with Crippen LogP contribution in [0.2, 0.25) is 0 Å². The molecule has 0 spiro atoms. The maximum Gasteiger partial charge on any atom is 0.131 e. The van der Waals surface area contributed by atoms with E-state index in [9.17, 15) is 10.2 Å². The molecule has 5 heteroatoms. The number of hydrogen-bond acceptors (Lipinski definition) is 3. The van der Waals surface area contributed by atoms with Crippen LogP contribution >= 0.6 is 0 Å². The van der Waals surface area contributed by atoms with Gasteiger partial charge >= 0.3 is 0 Å². The number of benzene rings is 1. The fourth-order valence-electron chi connectivity index (χ4n) is 6.04. The SMILES string of the molecule is C[C@]12CC[C@@H]3c4ccc(O)cc4CC[C@H]3[C@@H]1CC[C@@]2(O)C#CCN=[N+]=[N-]. The molecule has 0 amide bonds. The predicted molar refractivity (Wildman–Crippen MR) is 99.5 cm³/mol. The number of phenolic OH excluding ortho intramolecular Hbond substituents is 1. The van der Waals surface area contributed by atoms with Gasteiger partial charge in [-0.25, -0.2) is 0 Å². The fraction of sp³-hybridized carbons (Fsp3) is 0.619. The molecule has 5 atom stereocenters. The Bertz CT molecular complexity index is 835. The van der Waals surface area contributed by atoms with Gasteiger partial charge in [0.15, 0.2) is 0 Å². The molecule has 0 unspecified atom stereocenters. The third kappa shape index (κ3) is 2.48. The number of hydrogen-bond donors (Lipinski definition) is 2. The Hall–Kier alpha value is -2.15. The van der Waals surface area contributed by atoms with Crippen molar-refractivity contribution in [3.8, 4) is 17.6 Å². The summed E-state index contributed by atoms with van der Waals surface area (Å²) in [6, 6.07) is 5.83. The topological polar surface area (TPSA) is 89.2 Å². The molecule has 3 aliphatic rings. The average molecular weight is 351 g/mol. The van der Waals surface area contributed by atoms with Gasteiger partial charge in [0.2, 0.25) is 0 Å². The summed E-state index contributed by atoms with van der Waals surface area (Å²) in [7, 11) is 0. The highest BCUT2D eigenvalue weighted by molar-refractivity contribution is 5.40. The first-order chi connectivity index (χ1) is 12.5. The lowest BCUT2D eigenvalue weighted by atomic mass is 9.53. The molecule has 136 valence electrons. The van der Waals surface area contributed by atoms with Gasteiger partial charge in [0.25, 0.3) is 0 Å². The summed E-state index contributed by atoms with van der Waals surface area (Å²) in [5.41, 5.74) is 9.90. The van der Waals surface area contributed by atoms with Crippen LogP contribution in [0, 0.1) is 29.1 Å². The number of fused-ring (bicyclic) bond motifs is 5. The van der Waals surface area contributed by atoms with E-state index >= 15 is 0 Å². The predicted octanol–water partition coefficient (Wildman–Crippen LogP) is 4.29. The van der Waals surface area contributed by atoms with Gasteiger partial charge in [-0.1, -0.05) is 29.9 Å². The van der Waals surface area contributed by atoms with Crippen LogP contribution in [0.1, 0.15) is 56.1 Å². The van der Waals surface area contributed by atoms with Crippen molar-refractivity contribution in [1.29, 1.82) is 0 Å². The smallest absolute Gasteiger partial charge is 0.131 e. The molecule has 0 saturated heterocycles. The molecule has 1 aromatic rings. The Balaban J connectivity index is 1.63. The van der Waals surface area contributed by atoms with E-state index in [1.165, 1.54) is 11.1 Å². The van der Waals surface area contributed by atoms with Crippen LogP contribution in [0.15, 0.2) is 23.3 Å². The van der Waals surface area contributed by atoms with Gasteiger partial charge in [-0.05, 0) is 85.1 Å². The highest BCUT2D eigenvalue weighted by Crippen LogP contribution is 2.64. The molecule has 2 fully saturated rings. The number of azide groups is 1. The molecule has 0 radical (unpaired) electrons. The van der Waals surface area contributed by atoms with E-state index in [1.54, 1.807) is 6.07 Å². The molecule has 0 bridgehead atoms. The van der Waals surface area contributed by atoms with Crippen molar-refractivity contribution in [3.63, 3.8) is 0 Å². The van der Waals surface area contributed by atoms with E-state index in [0.29, 0.717) is 29.9 Å². The highest BCUT2D eigenvalue weighted by Gasteiger charge is 2.61. The van der Waals surface area contributed by atoms with E-state index in [0.717, 1.165) is 32.1 Å². The number of aliphatic hydroxyl groups is 1. The van der Waals surface area contributed by atoms with E-state index < -0.39 is 5.60 Å². The summed E-state index contributed by atoms with van der Waals surface area (Å²) in [6.07, 6.45) is 5.81. The summed E-state index contributed by atoms with van der Waals surface area (Å²) in [5.74, 6) is 7.84. The van der Waals surface area contributed by atoms with Gasteiger partial charge in [0, 0.05) is 10.3 Å². The minimum atomic E-state index is -0.983. The Morgan fingerprint density at radius 2 is 2.15 bits per heavy atom. The summed E-state index contributed by atoms with van der Waals surface area (Å²) in [5, 5.41) is 24.6.